The maximum absolute atomic E-state index is 12.9. The third-order valence-corrected chi connectivity index (χ3v) is 4.89. The average molecular weight is 410 g/mol. The van der Waals surface area contributed by atoms with Crippen molar-refractivity contribution in [2.75, 3.05) is 20.3 Å². The topological polar surface area (TPSA) is 89.0 Å². The van der Waals surface area contributed by atoms with E-state index in [-0.39, 0.29) is 30.6 Å². The highest BCUT2D eigenvalue weighted by molar-refractivity contribution is 6.46. The van der Waals surface area contributed by atoms with E-state index in [1.165, 1.54) is 12.0 Å². The zero-order chi connectivity index (χ0) is 21.8. The molecule has 7 heteroatoms. The number of methoxy groups -OCH3 is 1. The highest BCUT2D eigenvalue weighted by Crippen LogP contribution is 2.39. The van der Waals surface area contributed by atoms with Gasteiger partial charge in [-0.15, -0.1) is 0 Å². The van der Waals surface area contributed by atoms with Crippen LogP contribution in [0.4, 0.5) is 0 Å². The molecule has 2 heterocycles. The Morgan fingerprint density at radius 3 is 2.63 bits per heavy atom. The van der Waals surface area contributed by atoms with Crippen molar-refractivity contribution in [1.29, 1.82) is 0 Å². The van der Waals surface area contributed by atoms with E-state index >= 15 is 0 Å². The predicted molar refractivity (Wildman–Crippen MR) is 112 cm³/mol. The van der Waals surface area contributed by atoms with E-state index < -0.39 is 17.7 Å². The zero-order valence-corrected chi connectivity index (χ0v) is 17.6. The number of carbonyl (C=O) groups is 2. The van der Waals surface area contributed by atoms with Gasteiger partial charge >= 0.3 is 0 Å². The maximum Gasteiger partial charge on any atom is 0.295 e. The Morgan fingerprint density at radius 2 is 2.03 bits per heavy atom. The number of nitrogens with zero attached hydrogens (tertiary/aromatic N) is 2. The highest BCUT2D eigenvalue weighted by Gasteiger charge is 2.46. The van der Waals surface area contributed by atoms with Gasteiger partial charge in [0.05, 0.1) is 24.3 Å². The summed E-state index contributed by atoms with van der Waals surface area (Å²) in [4.78, 5) is 31.1. The van der Waals surface area contributed by atoms with Crippen LogP contribution in [0.15, 0.2) is 48.3 Å². The van der Waals surface area contributed by atoms with Gasteiger partial charge in [-0.05, 0) is 56.2 Å². The molecule has 1 unspecified atom stereocenters. The molecule has 158 valence electrons. The molecule has 1 N–H and O–H groups in total. The van der Waals surface area contributed by atoms with Crippen molar-refractivity contribution in [3.8, 4) is 5.75 Å². The number of benzene rings is 1. The first kappa shape index (κ1) is 21.5. The molecule has 1 fully saturated rings. The van der Waals surface area contributed by atoms with Crippen LogP contribution in [-0.2, 0) is 14.3 Å². The second kappa shape index (κ2) is 9.09. The zero-order valence-electron chi connectivity index (χ0n) is 17.6. The minimum absolute atomic E-state index is 0.0137. The van der Waals surface area contributed by atoms with Gasteiger partial charge in [0.1, 0.15) is 11.5 Å². The first-order chi connectivity index (χ1) is 14.3. The summed E-state index contributed by atoms with van der Waals surface area (Å²) in [5.41, 5.74) is 1.95. The Balaban J connectivity index is 2.10. The van der Waals surface area contributed by atoms with Gasteiger partial charge in [0.2, 0.25) is 0 Å². The van der Waals surface area contributed by atoms with Crippen molar-refractivity contribution in [1.82, 2.24) is 9.88 Å². The summed E-state index contributed by atoms with van der Waals surface area (Å²) in [5, 5.41) is 11.1. The van der Waals surface area contributed by atoms with Gasteiger partial charge in [0.25, 0.3) is 11.7 Å². The molecule has 3 rings (SSSR count). The van der Waals surface area contributed by atoms with Gasteiger partial charge in [-0.1, -0.05) is 6.07 Å². The van der Waals surface area contributed by atoms with Gasteiger partial charge in [-0.25, -0.2) is 0 Å². The Bertz CT molecular complexity index is 969. The molecular weight excluding hydrogens is 384 g/mol. The fourth-order valence-corrected chi connectivity index (χ4v) is 3.52. The van der Waals surface area contributed by atoms with E-state index in [9.17, 15) is 14.7 Å². The SMILES string of the molecule is COCCN1C(=O)C(=O)/C(=C(\O)c2ccc(OC(C)C)c(C)c2)C1c1cccnc1. The van der Waals surface area contributed by atoms with Gasteiger partial charge in [-0.3, -0.25) is 14.6 Å². The van der Waals surface area contributed by atoms with E-state index in [2.05, 4.69) is 4.98 Å². The summed E-state index contributed by atoms with van der Waals surface area (Å²) >= 11 is 0. The number of Topliss-reactive ketones (excluding diaryl/α,β-unsaturated/α-hetero) is 1. The summed E-state index contributed by atoms with van der Waals surface area (Å²) in [5.74, 6) is -0.913. The van der Waals surface area contributed by atoms with Crippen molar-refractivity contribution in [3.63, 3.8) is 0 Å². The number of aromatic nitrogens is 1. The lowest BCUT2D eigenvalue weighted by atomic mass is 9.95. The lowest BCUT2D eigenvalue weighted by Gasteiger charge is -2.24. The molecule has 1 amide bonds. The van der Waals surface area contributed by atoms with Gasteiger partial charge in [0.15, 0.2) is 0 Å². The maximum atomic E-state index is 12.9. The standard InChI is InChI=1S/C23H26N2O5/c1-14(2)30-18-8-7-16(12-15(18)3)21(26)19-20(17-6-5-9-24-13-17)25(10-11-29-4)23(28)22(19)27/h5-9,12-14,20,26H,10-11H2,1-4H3/b21-19-. The molecule has 0 spiro atoms. The molecule has 30 heavy (non-hydrogen) atoms. The fourth-order valence-electron chi connectivity index (χ4n) is 3.52. The van der Waals surface area contributed by atoms with Crippen LogP contribution >= 0.6 is 0 Å². The molecule has 7 nitrogen and oxygen atoms in total. The van der Waals surface area contributed by atoms with Crippen molar-refractivity contribution >= 4 is 17.4 Å². The second-order valence-corrected chi connectivity index (χ2v) is 7.42. The third-order valence-electron chi connectivity index (χ3n) is 4.89. The number of ether oxygens (including phenoxy) is 2. The number of aliphatic hydroxyl groups is 1. The Hall–Kier alpha value is -3.19. The second-order valence-electron chi connectivity index (χ2n) is 7.42. The van der Waals surface area contributed by atoms with Crippen LogP contribution in [0, 0.1) is 6.92 Å². The monoisotopic (exact) mass is 410 g/mol. The number of hydrogen-bond donors (Lipinski definition) is 1. The van der Waals surface area contributed by atoms with Gasteiger partial charge in [-0.2, -0.15) is 0 Å². The highest BCUT2D eigenvalue weighted by atomic mass is 16.5. The van der Waals surface area contributed by atoms with Crippen LogP contribution < -0.4 is 4.74 Å². The first-order valence-corrected chi connectivity index (χ1v) is 9.80. The van der Waals surface area contributed by atoms with Crippen molar-refractivity contribution < 1.29 is 24.2 Å². The molecule has 0 aliphatic carbocycles. The number of amides is 1. The molecule has 0 saturated carbocycles. The molecule has 1 aromatic carbocycles. The number of ketones is 1. The van der Waals surface area contributed by atoms with E-state index in [0.717, 1.165) is 5.56 Å². The molecule has 2 aromatic rings. The molecule has 0 bridgehead atoms. The van der Waals surface area contributed by atoms with Crippen molar-refractivity contribution in [3.05, 3.63) is 65.0 Å². The molecule has 0 radical (unpaired) electrons. The van der Waals surface area contributed by atoms with Gasteiger partial charge in [0, 0.05) is 31.6 Å². The van der Waals surface area contributed by atoms with Crippen LogP contribution in [0.2, 0.25) is 0 Å². The smallest absolute Gasteiger partial charge is 0.295 e. The minimum atomic E-state index is -0.735. The number of aliphatic hydroxyl groups excluding tert-OH is 1. The quantitative estimate of drug-likeness (QED) is 0.428. The van der Waals surface area contributed by atoms with Crippen LogP contribution in [-0.4, -0.2) is 53.0 Å². The van der Waals surface area contributed by atoms with Crippen LogP contribution in [0.25, 0.3) is 5.76 Å². The Labute approximate surface area is 175 Å². The molecular formula is C23H26N2O5. The van der Waals surface area contributed by atoms with Crippen LogP contribution in [0.3, 0.4) is 0 Å². The number of likely N-dealkylation sites (tertiary alicyclic amines) is 1. The third kappa shape index (κ3) is 4.21. The molecule has 1 atom stereocenters. The predicted octanol–water partition coefficient (Wildman–Crippen LogP) is 3.25. The average Bonchev–Trinajstić information content (AvgIpc) is 2.98. The Morgan fingerprint density at radius 1 is 1.27 bits per heavy atom. The number of pyridine rings is 1. The van der Waals surface area contributed by atoms with Gasteiger partial charge < -0.3 is 19.5 Å². The van der Waals surface area contributed by atoms with E-state index in [4.69, 9.17) is 9.47 Å². The van der Waals surface area contributed by atoms with Crippen molar-refractivity contribution in [2.45, 2.75) is 32.9 Å². The van der Waals surface area contributed by atoms with E-state index in [0.29, 0.717) is 16.9 Å². The molecule has 1 aromatic heterocycles. The number of aryl methyl sites for hydroxylation is 1. The summed E-state index contributed by atoms with van der Waals surface area (Å²) in [6.07, 6.45) is 3.22. The van der Waals surface area contributed by atoms with E-state index in [1.807, 2.05) is 20.8 Å². The summed E-state index contributed by atoms with van der Waals surface area (Å²) in [7, 11) is 1.53. The number of hydrogen-bond acceptors (Lipinski definition) is 6. The first-order valence-electron chi connectivity index (χ1n) is 9.80. The summed E-state index contributed by atoms with van der Waals surface area (Å²) in [6, 6.07) is 7.96. The minimum Gasteiger partial charge on any atom is -0.507 e. The molecule has 1 saturated heterocycles. The lowest BCUT2D eigenvalue weighted by molar-refractivity contribution is -0.140. The largest absolute Gasteiger partial charge is 0.507 e. The van der Waals surface area contributed by atoms with Crippen LogP contribution in [0.5, 0.6) is 5.75 Å². The van der Waals surface area contributed by atoms with Crippen LogP contribution in [0.1, 0.15) is 36.6 Å². The summed E-state index contributed by atoms with van der Waals surface area (Å²) in [6.45, 7) is 6.22. The number of rotatable bonds is 7. The molecule has 1 aliphatic heterocycles. The lowest BCUT2D eigenvalue weighted by Crippen LogP contribution is -2.32. The fraction of sp³-hybridized carbons (Fsp3) is 0.348. The van der Waals surface area contributed by atoms with E-state index in [1.54, 1.807) is 42.7 Å². The normalized spacial score (nSPS) is 18.3. The molecule has 1 aliphatic rings. The Kier molecular flexibility index (Phi) is 6.52. The number of carbonyl (C=O) groups excluding carboxylic acids is 2. The summed E-state index contributed by atoms with van der Waals surface area (Å²) < 4.78 is 10.8. The van der Waals surface area contributed by atoms with Crippen molar-refractivity contribution in [2.24, 2.45) is 0 Å².